The van der Waals surface area contributed by atoms with Crippen LogP contribution in [0.3, 0.4) is 0 Å². The summed E-state index contributed by atoms with van der Waals surface area (Å²) in [5, 5.41) is 4.17. The highest BCUT2D eigenvalue weighted by molar-refractivity contribution is 5.94. The van der Waals surface area contributed by atoms with Crippen LogP contribution in [0.1, 0.15) is 40.6 Å². The number of aromatic nitrogens is 2. The quantitative estimate of drug-likeness (QED) is 0.574. The third-order valence-corrected chi connectivity index (χ3v) is 5.69. The number of likely N-dealkylation sites (tertiary alicyclic amines) is 1. The second-order valence-corrected chi connectivity index (χ2v) is 7.83. The third kappa shape index (κ3) is 4.26. The van der Waals surface area contributed by atoms with Crippen LogP contribution >= 0.6 is 0 Å². The number of hydrogen-bond donors (Lipinski definition) is 0. The summed E-state index contributed by atoms with van der Waals surface area (Å²) < 4.78 is 21.8. The molecule has 1 atom stereocenters. The van der Waals surface area contributed by atoms with Gasteiger partial charge in [0.15, 0.2) is 11.5 Å². The van der Waals surface area contributed by atoms with E-state index in [0.29, 0.717) is 46.6 Å². The first-order chi connectivity index (χ1) is 15.5. The van der Waals surface area contributed by atoms with Crippen molar-refractivity contribution < 1.29 is 23.5 Å². The van der Waals surface area contributed by atoms with E-state index in [2.05, 4.69) is 10.1 Å². The van der Waals surface area contributed by atoms with E-state index >= 15 is 0 Å². The van der Waals surface area contributed by atoms with Gasteiger partial charge in [-0.3, -0.25) is 4.79 Å². The molecule has 32 heavy (non-hydrogen) atoms. The Balaban J connectivity index is 1.55. The van der Waals surface area contributed by atoms with Crippen molar-refractivity contribution in [2.45, 2.75) is 25.7 Å². The Bertz CT molecular complexity index is 1090. The molecule has 168 valence electrons. The van der Waals surface area contributed by atoms with Crippen molar-refractivity contribution >= 4 is 5.91 Å². The summed E-state index contributed by atoms with van der Waals surface area (Å²) in [6.45, 7) is 3.25. The van der Waals surface area contributed by atoms with Gasteiger partial charge in [0.1, 0.15) is 0 Å². The van der Waals surface area contributed by atoms with Gasteiger partial charge in [0.05, 0.1) is 27.2 Å². The summed E-state index contributed by atoms with van der Waals surface area (Å²) in [4.78, 5) is 19.5. The van der Waals surface area contributed by atoms with E-state index in [1.165, 1.54) is 0 Å². The van der Waals surface area contributed by atoms with Gasteiger partial charge in [0.25, 0.3) is 5.91 Å². The van der Waals surface area contributed by atoms with E-state index in [9.17, 15) is 4.79 Å². The minimum absolute atomic E-state index is 0.0131. The van der Waals surface area contributed by atoms with Gasteiger partial charge in [-0.15, -0.1) is 0 Å². The molecule has 0 bridgehead atoms. The number of nitrogens with zero attached hydrogens (tertiary/aromatic N) is 3. The average molecular weight is 437 g/mol. The van der Waals surface area contributed by atoms with Crippen molar-refractivity contribution in [2.24, 2.45) is 0 Å². The number of benzene rings is 2. The minimum atomic E-state index is -0.0131. The molecular weight excluding hydrogens is 410 g/mol. The lowest BCUT2D eigenvalue weighted by atomic mass is 9.97. The lowest BCUT2D eigenvalue weighted by Crippen LogP contribution is -2.39. The Morgan fingerprint density at radius 3 is 2.50 bits per heavy atom. The molecule has 0 spiro atoms. The molecule has 4 rings (SSSR count). The van der Waals surface area contributed by atoms with Gasteiger partial charge in [-0.2, -0.15) is 4.98 Å². The van der Waals surface area contributed by atoms with E-state index in [-0.39, 0.29) is 11.8 Å². The Morgan fingerprint density at radius 1 is 1.09 bits per heavy atom. The molecule has 1 unspecified atom stereocenters. The fourth-order valence-corrected chi connectivity index (χ4v) is 4.05. The number of methoxy groups -OCH3 is 3. The third-order valence-electron chi connectivity index (χ3n) is 5.69. The van der Waals surface area contributed by atoms with Crippen molar-refractivity contribution in [1.29, 1.82) is 0 Å². The largest absolute Gasteiger partial charge is 0.493 e. The van der Waals surface area contributed by atoms with Crippen molar-refractivity contribution in [3.63, 3.8) is 0 Å². The summed E-state index contributed by atoms with van der Waals surface area (Å²) in [7, 11) is 4.68. The number of aryl methyl sites for hydroxylation is 1. The van der Waals surface area contributed by atoms with Crippen LogP contribution in [0.4, 0.5) is 0 Å². The van der Waals surface area contributed by atoms with Gasteiger partial charge in [0.2, 0.25) is 17.5 Å². The maximum Gasteiger partial charge on any atom is 0.253 e. The number of ether oxygens (including phenoxy) is 3. The summed E-state index contributed by atoms with van der Waals surface area (Å²) in [6.07, 6.45) is 1.76. The summed E-state index contributed by atoms with van der Waals surface area (Å²) in [5.74, 6) is 2.50. The number of carbonyl (C=O) groups is 1. The molecule has 2 heterocycles. The zero-order valence-corrected chi connectivity index (χ0v) is 18.8. The van der Waals surface area contributed by atoms with E-state index in [1.54, 1.807) is 33.5 Å². The highest BCUT2D eigenvalue weighted by Crippen LogP contribution is 2.41. The minimum Gasteiger partial charge on any atom is -0.493 e. The second kappa shape index (κ2) is 9.30. The topological polar surface area (TPSA) is 86.9 Å². The van der Waals surface area contributed by atoms with Crippen LogP contribution in [-0.2, 0) is 0 Å². The molecule has 2 aromatic carbocycles. The number of amides is 1. The zero-order chi connectivity index (χ0) is 22.7. The summed E-state index contributed by atoms with van der Waals surface area (Å²) >= 11 is 0. The normalized spacial score (nSPS) is 16.0. The van der Waals surface area contributed by atoms with E-state index in [1.807, 2.05) is 36.1 Å². The van der Waals surface area contributed by atoms with Crippen molar-refractivity contribution in [3.05, 3.63) is 53.4 Å². The fraction of sp³-hybridized carbons (Fsp3) is 0.375. The first-order valence-electron chi connectivity index (χ1n) is 10.5. The number of rotatable bonds is 6. The van der Waals surface area contributed by atoms with Crippen LogP contribution in [0.15, 0.2) is 40.9 Å². The van der Waals surface area contributed by atoms with Gasteiger partial charge < -0.3 is 23.6 Å². The SMILES string of the molecule is COc1cc(-c2noc(C3CCCN(C(=O)c4cccc(C)c4)C3)n2)cc(OC)c1OC. The molecule has 1 saturated heterocycles. The lowest BCUT2D eigenvalue weighted by molar-refractivity contribution is 0.0695. The van der Waals surface area contributed by atoms with Gasteiger partial charge in [-0.05, 0) is 44.0 Å². The van der Waals surface area contributed by atoms with Crippen LogP contribution in [0.5, 0.6) is 17.2 Å². The Labute approximate surface area is 187 Å². The van der Waals surface area contributed by atoms with Crippen molar-refractivity contribution in [1.82, 2.24) is 15.0 Å². The molecule has 3 aromatic rings. The molecule has 0 radical (unpaired) electrons. The standard InChI is InChI=1S/C24H27N3O5/c1-15-7-5-8-16(11-15)24(28)27-10-6-9-17(14-27)23-25-22(26-32-23)18-12-19(29-2)21(31-4)20(13-18)30-3/h5,7-8,11-13,17H,6,9-10,14H2,1-4H3. The Hall–Kier alpha value is -3.55. The van der Waals surface area contributed by atoms with Crippen LogP contribution in [-0.4, -0.2) is 55.4 Å². The first kappa shape index (κ1) is 21.7. The predicted molar refractivity (Wildman–Crippen MR) is 118 cm³/mol. The summed E-state index contributed by atoms with van der Waals surface area (Å²) in [5.41, 5.74) is 2.46. The first-order valence-corrected chi connectivity index (χ1v) is 10.5. The molecule has 1 aromatic heterocycles. The smallest absolute Gasteiger partial charge is 0.253 e. The molecular formula is C24H27N3O5. The number of carbonyl (C=O) groups excluding carboxylic acids is 1. The molecule has 1 aliphatic rings. The van der Waals surface area contributed by atoms with Gasteiger partial charge in [-0.25, -0.2) is 0 Å². The van der Waals surface area contributed by atoms with Crippen LogP contribution in [0.2, 0.25) is 0 Å². The average Bonchev–Trinajstić information content (AvgIpc) is 3.33. The molecule has 1 fully saturated rings. The van der Waals surface area contributed by atoms with Crippen molar-refractivity contribution in [2.75, 3.05) is 34.4 Å². The van der Waals surface area contributed by atoms with Crippen molar-refractivity contribution in [3.8, 4) is 28.6 Å². The lowest BCUT2D eigenvalue weighted by Gasteiger charge is -2.31. The van der Waals surface area contributed by atoms with E-state index in [4.69, 9.17) is 18.7 Å². The molecule has 1 amide bonds. The second-order valence-electron chi connectivity index (χ2n) is 7.83. The molecule has 8 nitrogen and oxygen atoms in total. The Kier molecular flexibility index (Phi) is 6.30. The van der Waals surface area contributed by atoms with E-state index < -0.39 is 0 Å². The number of hydrogen-bond acceptors (Lipinski definition) is 7. The van der Waals surface area contributed by atoms with Gasteiger partial charge in [0, 0.05) is 24.2 Å². The number of piperidine rings is 1. The molecule has 1 aliphatic heterocycles. The van der Waals surface area contributed by atoms with Crippen LogP contribution < -0.4 is 14.2 Å². The maximum atomic E-state index is 13.0. The highest BCUT2D eigenvalue weighted by Gasteiger charge is 2.29. The monoisotopic (exact) mass is 437 g/mol. The molecule has 0 N–H and O–H groups in total. The highest BCUT2D eigenvalue weighted by atomic mass is 16.5. The Morgan fingerprint density at radius 2 is 1.84 bits per heavy atom. The van der Waals surface area contributed by atoms with Crippen LogP contribution in [0, 0.1) is 6.92 Å². The van der Waals surface area contributed by atoms with E-state index in [0.717, 1.165) is 24.9 Å². The maximum absolute atomic E-state index is 13.0. The molecule has 8 heteroatoms. The van der Waals surface area contributed by atoms with Gasteiger partial charge >= 0.3 is 0 Å². The van der Waals surface area contributed by atoms with Gasteiger partial charge in [-0.1, -0.05) is 22.9 Å². The molecule has 0 saturated carbocycles. The zero-order valence-electron chi connectivity index (χ0n) is 18.8. The summed E-state index contributed by atoms with van der Waals surface area (Å²) in [6, 6.07) is 11.2. The fourth-order valence-electron chi connectivity index (χ4n) is 4.05. The predicted octanol–water partition coefficient (Wildman–Crippen LogP) is 4.09. The van der Waals surface area contributed by atoms with Crippen LogP contribution in [0.25, 0.3) is 11.4 Å². The molecule has 0 aliphatic carbocycles.